The third-order valence-electron chi connectivity index (χ3n) is 3.25. The minimum absolute atomic E-state index is 0.286. The van der Waals surface area contributed by atoms with Crippen molar-refractivity contribution >= 4 is 5.97 Å². The monoisotopic (exact) mass is 279 g/mol. The molecule has 0 heterocycles. The largest absolute Gasteiger partial charge is 0.497 e. The van der Waals surface area contributed by atoms with Crippen LogP contribution in [0.1, 0.15) is 31.4 Å². The van der Waals surface area contributed by atoms with Gasteiger partial charge in [0.25, 0.3) is 0 Å². The summed E-state index contributed by atoms with van der Waals surface area (Å²) in [5.74, 6) is 1.05. The van der Waals surface area contributed by atoms with Crippen molar-refractivity contribution in [1.82, 2.24) is 5.32 Å². The molecule has 1 N–H and O–H groups in total. The summed E-state index contributed by atoms with van der Waals surface area (Å²) < 4.78 is 15.7. The lowest BCUT2D eigenvalue weighted by atomic mass is 10.0. The van der Waals surface area contributed by atoms with Gasteiger partial charge in [0, 0.05) is 11.6 Å². The Hall–Kier alpha value is -1.75. The van der Waals surface area contributed by atoms with E-state index in [2.05, 4.69) is 5.32 Å². The van der Waals surface area contributed by atoms with E-state index in [-0.39, 0.29) is 5.97 Å². The molecule has 0 amide bonds. The highest BCUT2D eigenvalue weighted by atomic mass is 16.5. The van der Waals surface area contributed by atoms with Crippen LogP contribution >= 0.6 is 0 Å². The van der Waals surface area contributed by atoms with E-state index in [1.54, 1.807) is 27.2 Å². The van der Waals surface area contributed by atoms with Gasteiger partial charge < -0.3 is 14.2 Å². The van der Waals surface area contributed by atoms with Crippen LogP contribution in [0.25, 0.3) is 0 Å². The average Bonchev–Trinajstić information content (AvgIpc) is 3.28. The number of hydrogen-bond donors (Lipinski definition) is 1. The van der Waals surface area contributed by atoms with Gasteiger partial charge in [0.2, 0.25) is 0 Å². The molecular formula is C15H21NO4. The number of rotatable bonds is 7. The first-order chi connectivity index (χ1) is 9.69. The molecule has 1 aliphatic carbocycles. The van der Waals surface area contributed by atoms with Gasteiger partial charge in [0.05, 0.1) is 20.8 Å². The predicted octanol–water partition coefficient (Wildman–Crippen LogP) is 2.06. The highest BCUT2D eigenvalue weighted by Gasteiger charge is 2.32. The Morgan fingerprint density at radius 1 is 1.35 bits per heavy atom. The maximum atomic E-state index is 12.2. The van der Waals surface area contributed by atoms with Crippen molar-refractivity contribution in [2.24, 2.45) is 0 Å². The topological polar surface area (TPSA) is 56.8 Å². The lowest BCUT2D eigenvalue weighted by molar-refractivity contribution is -0.146. The standard InChI is InChI=1S/C15H21NO4/c1-4-20-15(17)14(16-10-5-6-10)12-9-11(18-2)7-8-13(12)19-3/h7-10,14,16H,4-6H2,1-3H3. The van der Waals surface area contributed by atoms with Crippen molar-refractivity contribution in [3.05, 3.63) is 23.8 Å². The van der Waals surface area contributed by atoms with Crippen molar-refractivity contribution in [1.29, 1.82) is 0 Å². The van der Waals surface area contributed by atoms with Crippen molar-refractivity contribution in [3.63, 3.8) is 0 Å². The zero-order chi connectivity index (χ0) is 14.5. The smallest absolute Gasteiger partial charge is 0.327 e. The van der Waals surface area contributed by atoms with E-state index in [0.29, 0.717) is 24.1 Å². The summed E-state index contributed by atoms with van der Waals surface area (Å²) in [5.41, 5.74) is 0.747. The van der Waals surface area contributed by atoms with Crippen LogP contribution in [0.2, 0.25) is 0 Å². The summed E-state index contributed by atoms with van der Waals surface area (Å²) in [6.45, 7) is 2.16. The van der Waals surface area contributed by atoms with Crippen LogP contribution in [0.5, 0.6) is 11.5 Å². The van der Waals surface area contributed by atoms with E-state index < -0.39 is 6.04 Å². The summed E-state index contributed by atoms with van der Waals surface area (Å²) >= 11 is 0. The van der Waals surface area contributed by atoms with Gasteiger partial charge in [-0.2, -0.15) is 0 Å². The molecule has 2 rings (SSSR count). The third kappa shape index (κ3) is 3.42. The van der Waals surface area contributed by atoms with Gasteiger partial charge in [-0.25, -0.2) is 4.79 Å². The maximum absolute atomic E-state index is 12.2. The van der Waals surface area contributed by atoms with Crippen molar-refractivity contribution in [2.75, 3.05) is 20.8 Å². The number of carbonyl (C=O) groups is 1. The van der Waals surface area contributed by atoms with Gasteiger partial charge in [-0.05, 0) is 38.0 Å². The molecule has 1 aromatic rings. The van der Waals surface area contributed by atoms with Crippen molar-refractivity contribution in [3.8, 4) is 11.5 Å². The highest BCUT2D eigenvalue weighted by molar-refractivity contribution is 5.79. The summed E-state index contributed by atoms with van der Waals surface area (Å²) in [5, 5.41) is 3.31. The Morgan fingerprint density at radius 2 is 2.10 bits per heavy atom. The number of esters is 1. The van der Waals surface area contributed by atoms with Crippen LogP contribution in [-0.2, 0) is 9.53 Å². The molecule has 1 aliphatic rings. The van der Waals surface area contributed by atoms with E-state index in [9.17, 15) is 4.79 Å². The fraction of sp³-hybridized carbons (Fsp3) is 0.533. The van der Waals surface area contributed by atoms with Crippen LogP contribution in [0.15, 0.2) is 18.2 Å². The molecule has 5 nitrogen and oxygen atoms in total. The second kappa shape index (κ2) is 6.61. The molecular weight excluding hydrogens is 258 g/mol. The van der Waals surface area contributed by atoms with Crippen LogP contribution in [0.3, 0.4) is 0 Å². The predicted molar refractivity (Wildman–Crippen MR) is 75.1 cm³/mol. The minimum atomic E-state index is -0.521. The Kier molecular flexibility index (Phi) is 4.84. The number of nitrogens with one attached hydrogen (secondary N) is 1. The lowest BCUT2D eigenvalue weighted by Gasteiger charge is -2.20. The molecule has 0 aliphatic heterocycles. The summed E-state index contributed by atoms with van der Waals surface area (Å²) in [6, 6.07) is 5.28. The maximum Gasteiger partial charge on any atom is 0.327 e. The van der Waals surface area contributed by atoms with E-state index >= 15 is 0 Å². The molecule has 1 aromatic carbocycles. The molecule has 0 saturated heterocycles. The van der Waals surface area contributed by atoms with Crippen LogP contribution < -0.4 is 14.8 Å². The second-order valence-corrected chi connectivity index (χ2v) is 4.73. The molecule has 110 valence electrons. The van der Waals surface area contributed by atoms with E-state index in [0.717, 1.165) is 18.4 Å². The van der Waals surface area contributed by atoms with Crippen LogP contribution in [0.4, 0.5) is 0 Å². The minimum Gasteiger partial charge on any atom is -0.497 e. The van der Waals surface area contributed by atoms with Crippen LogP contribution in [0, 0.1) is 0 Å². The molecule has 0 bridgehead atoms. The molecule has 1 fully saturated rings. The molecule has 20 heavy (non-hydrogen) atoms. The number of carbonyl (C=O) groups excluding carboxylic acids is 1. The first-order valence-electron chi connectivity index (χ1n) is 6.84. The first-order valence-corrected chi connectivity index (χ1v) is 6.84. The molecule has 0 radical (unpaired) electrons. The zero-order valence-electron chi connectivity index (χ0n) is 12.1. The van der Waals surface area contributed by atoms with Gasteiger partial charge in [-0.15, -0.1) is 0 Å². The Balaban J connectivity index is 2.31. The zero-order valence-corrected chi connectivity index (χ0v) is 12.1. The number of ether oxygens (including phenoxy) is 3. The number of methoxy groups -OCH3 is 2. The number of hydrogen-bond acceptors (Lipinski definition) is 5. The fourth-order valence-corrected chi connectivity index (χ4v) is 2.06. The second-order valence-electron chi connectivity index (χ2n) is 4.73. The molecule has 1 atom stereocenters. The SMILES string of the molecule is CCOC(=O)C(NC1CC1)c1cc(OC)ccc1OC. The van der Waals surface area contributed by atoms with Gasteiger partial charge >= 0.3 is 5.97 Å². The molecule has 0 spiro atoms. The summed E-state index contributed by atoms with van der Waals surface area (Å²) in [4.78, 5) is 12.2. The summed E-state index contributed by atoms with van der Waals surface area (Å²) in [7, 11) is 3.18. The van der Waals surface area contributed by atoms with Gasteiger partial charge in [-0.1, -0.05) is 0 Å². The average molecular weight is 279 g/mol. The first kappa shape index (κ1) is 14.7. The lowest BCUT2D eigenvalue weighted by Crippen LogP contribution is -2.32. The van der Waals surface area contributed by atoms with Crippen molar-refractivity contribution < 1.29 is 19.0 Å². The van der Waals surface area contributed by atoms with E-state index in [4.69, 9.17) is 14.2 Å². The molecule has 5 heteroatoms. The number of benzene rings is 1. The Morgan fingerprint density at radius 3 is 2.65 bits per heavy atom. The fourth-order valence-electron chi connectivity index (χ4n) is 2.06. The molecule has 1 saturated carbocycles. The van der Waals surface area contributed by atoms with Crippen molar-refractivity contribution in [2.45, 2.75) is 31.8 Å². The molecule has 0 aromatic heterocycles. The quantitative estimate of drug-likeness (QED) is 0.774. The van der Waals surface area contributed by atoms with Gasteiger partial charge in [0.15, 0.2) is 0 Å². The Labute approximate surface area is 119 Å². The normalized spacial score (nSPS) is 15.6. The summed E-state index contributed by atoms with van der Waals surface area (Å²) in [6.07, 6.45) is 2.17. The van der Waals surface area contributed by atoms with Crippen LogP contribution in [-0.4, -0.2) is 32.8 Å². The third-order valence-corrected chi connectivity index (χ3v) is 3.25. The Bertz CT molecular complexity index is 471. The molecule has 1 unspecified atom stereocenters. The van der Waals surface area contributed by atoms with E-state index in [1.807, 2.05) is 12.1 Å². The van der Waals surface area contributed by atoms with E-state index in [1.165, 1.54) is 0 Å². The van der Waals surface area contributed by atoms with Gasteiger partial charge in [-0.3, -0.25) is 5.32 Å². The van der Waals surface area contributed by atoms with Gasteiger partial charge in [0.1, 0.15) is 17.5 Å². The highest BCUT2D eigenvalue weighted by Crippen LogP contribution is 2.32.